The molecule has 0 fully saturated rings. The second-order valence-corrected chi connectivity index (χ2v) is 6.02. The number of carbonyl (C=O) groups is 2. The number of pyridine rings is 1. The number of benzene rings is 2. The van der Waals surface area contributed by atoms with Crippen LogP contribution in [0, 0.1) is 18.6 Å². The Morgan fingerprint density at radius 3 is 2.25 bits per heavy atom. The molecule has 0 atom stereocenters. The van der Waals surface area contributed by atoms with E-state index in [0.29, 0.717) is 11.9 Å². The van der Waals surface area contributed by atoms with Crippen LogP contribution in [0.5, 0.6) is 5.75 Å². The van der Waals surface area contributed by atoms with E-state index in [9.17, 15) is 23.5 Å². The molecule has 0 aliphatic heterocycles. The van der Waals surface area contributed by atoms with E-state index in [4.69, 9.17) is 0 Å². The Morgan fingerprint density at radius 1 is 0.929 bits per heavy atom. The van der Waals surface area contributed by atoms with Crippen molar-refractivity contribution in [1.29, 1.82) is 0 Å². The number of phenolic OH excluding ortho intramolecular Hbond substituents is 1. The van der Waals surface area contributed by atoms with Crippen LogP contribution in [0.4, 0.5) is 20.3 Å². The average molecular weight is 383 g/mol. The molecule has 1 aromatic heterocycles. The fourth-order valence-electron chi connectivity index (χ4n) is 2.42. The number of amides is 2. The van der Waals surface area contributed by atoms with E-state index >= 15 is 0 Å². The highest BCUT2D eigenvalue weighted by molar-refractivity contribution is 6.07. The van der Waals surface area contributed by atoms with Crippen molar-refractivity contribution in [2.45, 2.75) is 6.92 Å². The van der Waals surface area contributed by atoms with Gasteiger partial charge in [0, 0.05) is 29.6 Å². The Balaban J connectivity index is 1.73. The normalized spacial score (nSPS) is 10.4. The second-order valence-electron chi connectivity index (χ2n) is 6.02. The lowest BCUT2D eigenvalue weighted by atomic mass is 10.1. The molecule has 0 saturated carbocycles. The van der Waals surface area contributed by atoms with Gasteiger partial charge in [0.1, 0.15) is 23.2 Å². The Labute approximate surface area is 158 Å². The monoisotopic (exact) mass is 383 g/mol. The topological polar surface area (TPSA) is 91.3 Å². The summed E-state index contributed by atoms with van der Waals surface area (Å²) in [6.07, 6.45) is 1.59. The number of nitrogens with zero attached hydrogens (tertiary/aromatic N) is 1. The number of hydrogen-bond donors (Lipinski definition) is 3. The molecule has 0 saturated heterocycles. The first kappa shape index (κ1) is 19.0. The average Bonchev–Trinajstić information content (AvgIpc) is 2.63. The van der Waals surface area contributed by atoms with Crippen LogP contribution >= 0.6 is 0 Å². The molecule has 1 heterocycles. The fraction of sp³-hybridized carbons (Fsp3) is 0.0500. The summed E-state index contributed by atoms with van der Waals surface area (Å²) in [4.78, 5) is 28.4. The number of hydrogen-bond acceptors (Lipinski definition) is 4. The lowest BCUT2D eigenvalue weighted by Crippen LogP contribution is -2.15. The quantitative estimate of drug-likeness (QED) is 0.638. The largest absolute Gasteiger partial charge is 0.507 e. The highest BCUT2D eigenvalue weighted by atomic mass is 19.1. The predicted octanol–water partition coefficient (Wildman–Crippen LogP) is 3.88. The van der Waals surface area contributed by atoms with Gasteiger partial charge in [0.25, 0.3) is 11.8 Å². The molecule has 2 aromatic carbocycles. The maximum Gasteiger partial charge on any atom is 0.260 e. The summed E-state index contributed by atoms with van der Waals surface area (Å²) in [5.41, 5.74) is 0.831. The van der Waals surface area contributed by atoms with Crippen LogP contribution < -0.4 is 10.6 Å². The van der Waals surface area contributed by atoms with Crippen LogP contribution in [0.25, 0.3) is 0 Å². The van der Waals surface area contributed by atoms with Gasteiger partial charge in [-0.25, -0.2) is 13.8 Å². The van der Waals surface area contributed by atoms with Gasteiger partial charge in [-0.15, -0.1) is 0 Å². The SMILES string of the molecule is Cc1ccc(NC(=O)c2ccc(NC(=O)c3cc(F)cc(F)c3)cc2O)nc1. The minimum absolute atomic E-state index is 0.0304. The first-order chi connectivity index (χ1) is 13.3. The molecule has 142 valence electrons. The molecule has 0 spiro atoms. The summed E-state index contributed by atoms with van der Waals surface area (Å²) in [7, 11) is 0. The van der Waals surface area contributed by atoms with Crippen LogP contribution in [-0.2, 0) is 0 Å². The lowest BCUT2D eigenvalue weighted by Gasteiger charge is -2.10. The van der Waals surface area contributed by atoms with E-state index in [0.717, 1.165) is 23.8 Å². The number of carbonyl (C=O) groups excluding carboxylic acids is 2. The zero-order valence-electron chi connectivity index (χ0n) is 14.7. The van der Waals surface area contributed by atoms with Gasteiger partial charge in [-0.3, -0.25) is 9.59 Å². The first-order valence-corrected chi connectivity index (χ1v) is 8.16. The maximum absolute atomic E-state index is 13.2. The summed E-state index contributed by atoms with van der Waals surface area (Å²) < 4.78 is 26.4. The molecule has 0 aliphatic carbocycles. The van der Waals surface area contributed by atoms with Gasteiger partial charge in [-0.05, 0) is 42.8 Å². The molecule has 0 bridgehead atoms. The van der Waals surface area contributed by atoms with Crippen molar-refractivity contribution in [2.75, 3.05) is 10.6 Å². The first-order valence-electron chi connectivity index (χ1n) is 8.16. The minimum Gasteiger partial charge on any atom is -0.507 e. The molecular weight excluding hydrogens is 368 g/mol. The van der Waals surface area contributed by atoms with Crippen molar-refractivity contribution in [3.05, 3.63) is 83.1 Å². The van der Waals surface area contributed by atoms with E-state index in [1.807, 2.05) is 6.92 Å². The van der Waals surface area contributed by atoms with Crippen molar-refractivity contribution >= 4 is 23.3 Å². The van der Waals surface area contributed by atoms with Gasteiger partial charge in [0.15, 0.2) is 0 Å². The van der Waals surface area contributed by atoms with Crippen LogP contribution in [0.3, 0.4) is 0 Å². The van der Waals surface area contributed by atoms with Crippen LogP contribution in [0.2, 0.25) is 0 Å². The summed E-state index contributed by atoms with van der Waals surface area (Å²) in [5, 5.41) is 15.0. The van der Waals surface area contributed by atoms with E-state index in [-0.39, 0.29) is 22.6 Å². The van der Waals surface area contributed by atoms with Crippen molar-refractivity contribution in [3.8, 4) is 5.75 Å². The van der Waals surface area contributed by atoms with Crippen molar-refractivity contribution < 1.29 is 23.5 Å². The molecule has 3 N–H and O–H groups in total. The summed E-state index contributed by atoms with van der Waals surface area (Å²) >= 11 is 0. The van der Waals surface area contributed by atoms with Gasteiger partial charge in [0.2, 0.25) is 0 Å². The van der Waals surface area contributed by atoms with Crippen LogP contribution in [-0.4, -0.2) is 21.9 Å². The molecular formula is C20H15F2N3O3. The summed E-state index contributed by atoms with van der Waals surface area (Å²) in [6, 6.07) is 9.66. The molecule has 28 heavy (non-hydrogen) atoms. The lowest BCUT2D eigenvalue weighted by molar-refractivity contribution is 0.101. The number of nitrogens with one attached hydrogen (secondary N) is 2. The van der Waals surface area contributed by atoms with E-state index in [1.54, 1.807) is 18.3 Å². The zero-order valence-corrected chi connectivity index (χ0v) is 14.7. The smallest absolute Gasteiger partial charge is 0.260 e. The fourth-order valence-corrected chi connectivity index (χ4v) is 2.42. The van der Waals surface area contributed by atoms with Gasteiger partial charge in [-0.2, -0.15) is 0 Å². The Hall–Kier alpha value is -3.81. The number of aryl methyl sites for hydroxylation is 1. The molecule has 2 amide bonds. The number of halogens is 2. The van der Waals surface area contributed by atoms with Gasteiger partial charge in [-0.1, -0.05) is 6.07 Å². The highest BCUT2D eigenvalue weighted by Gasteiger charge is 2.15. The highest BCUT2D eigenvalue weighted by Crippen LogP contribution is 2.23. The Kier molecular flexibility index (Phi) is 5.30. The van der Waals surface area contributed by atoms with Crippen molar-refractivity contribution in [3.63, 3.8) is 0 Å². The van der Waals surface area contributed by atoms with Crippen LogP contribution in [0.1, 0.15) is 26.3 Å². The maximum atomic E-state index is 13.2. The molecule has 0 radical (unpaired) electrons. The van der Waals surface area contributed by atoms with Gasteiger partial charge in [0.05, 0.1) is 5.56 Å². The number of aromatic hydroxyl groups is 1. The molecule has 3 aromatic rings. The summed E-state index contributed by atoms with van der Waals surface area (Å²) in [5.74, 6) is -3.18. The molecule has 6 nitrogen and oxygen atoms in total. The van der Waals surface area contributed by atoms with Crippen LogP contribution in [0.15, 0.2) is 54.7 Å². The molecule has 0 unspecified atom stereocenters. The molecule has 8 heteroatoms. The zero-order chi connectivity index (χ0) is 20.3. The molecule has 3 rings (SSSR count). The third kappa shape index (κ3) is 4.47. The van der Waals surface area contributed by atoms with Crippen molar-refractivity contribution in [1.82, 2.24) is 4.98 Å². The third-order valence-electron chi connectivity index (χ3n) is 3.78. The number of anilines is 2. The number of rotatable bonds is 4. The van der Waals surface area contributed by atoms with Gasteiger partial charge >= 0.3 is 0 Å². The minimum atomic E-state index is -0.885. The van der Waals surface area contributed by atoms with E-state index < -0.39 is 23.4 Å². The predicted molar refractivity (Wildman–Crippen MR) is 99.3 cm³/mol. The van der Waals surface area contributed by atoms with Gasteiger partial charge < -0.3 is 15.7 Å². The van der Waals surface area contributed by atoms with E-state index in [1.165, 1.54) is 12.1 Å². The standard InChI is InChI=1S/C20H15F2N3O3/c1-11-2-5-18(23-10-11)25-20(28)16-4-3-15(9-17(16)26)24-19(27)12-6-13(21)8-14(22)7-12/h2-10,26H,1H3,(H,24,27)(H,23,25,28). The second kappa shape index (κ2) is 7.83. The Bertz CT molecular complexity index is 1030. The molecule has 0 aliphatic rings. The van der Waals surface area contributed by atoms with E-state index in [2.05, 4.69) is 15.6 Å². The third-order valence-corrected chi connectivity index (χ3v) is 3.78. The Morgan fingerprint density at radius 2 is 1.64 bits per heavy atom. The summed E-state index contributed by atoms with van der Waals surface area (Å²) in [6.45, 7) is 1.86. The number of aromatic nitrogens is 1. The van der Waals surface area contributed by atoms with Crippen molar-refractivity contribution in [2.24, 2.45) is 0 Å². The number of phenols is 1.